The van der Waals surface area contributed by atoms with Crippen LogP contribution in [0.25, 0.3) is 6.08 Å². The average molecular weight is 265 g/mol. The van der Waals surface area contributed by atoms with Gasteiger partial charge in [-0.3, -0.25) is 0 Å². The van der Waals surface area contributed by atoms with Crippen LogP contribution in [-0.2, 0) is 6.42 Å². The lowest BCUT2D eigenvalue weighted by Gasteiger charge is -1.99. The molecule has 0 aromatic heterocycles. The summed E-state index contributed by atoms with van der Waals surface area (Å²) in [4.78, 5) is 1.76. The molecule has 1 aromatic rings. The Labute approximate surface area is 110 Å². The summed E-state index contributed by atoms with van der Waals surface area (Å²) in [6.07, 6.45) is 3.13. The minimum atomic E-state index is 0.731. The molecule has 82 valence electrons. The molecule has 1 aliphatic heterocycles. The van der Waals surface area contributed by atoms with E-state index in [4.69, 9.17) is 24.4 Å². The standard InChI is InChI=1S/C12H11NS3/c1-2-8-3-5-9(6-4-8)7-10-11(14)13-12(15)16-10/h3-7H,2H2,1H3,(H,13,14,15)/b10-7-. The highest BCUT2D eigenvalue weighted by Gasteiger charge is 2.17. The van der Waals surface area contributed by atoms with E-state index < -0.39 is 0 Å². The van der Waals surface area contributed by atoms with Gasteiger partial charge < -0.3 is 5.32 Å². The van der Waals surface area contributed by atoms with Gasteiger partial charge in [0.2, 0.25) is 0 Å². The summed E-state index contributed by atoms with van der Waals surface area (Å²) in [6, 6.07) is 8.49. The van der Waals surface area contributed by atoms with E-state index in [9.17, 15) is 0 Å². The Morgan fingerprint density at radius 3 is 2.44 bits per heavy atom. The van der Waals surface area contributed by atoms with Crippen LogP contribution in [0.4, 0.5) is 0 Å². The van der Waals surface area contributed by atoms with E-state index in [1.54, 1.807) is 0 Å². The van der Waals surface area contributed by atoms with Gasteiger partial charge in [-0.15, -0.1) is 0 Å². The van der Waals surface area contributed by atoms with Crippen LogP contribution in [0.5, 0.6) is 0 Å². The second-order valence-corrected chi connectivity index (χ2v) is 5.57. The molecule has 4 heteroatoms. The largest absolute Gasteiger partial charge is 0.331 e. The third-order valence-electron chi connectivity index (χ3n) is 2.33. The lowest BCUT2D eigenvalue weighted by atomic mass is 10.1. The smallest absolute Gasteiger partial charge is 0.143 e. The number of thiocarbonyl (C=S) groups is 2. The summed E-state index contributed by atoms with van der Waals surface area (Å²) >= 11 is 11.7. The molecule has 0 radical (unpaired) electrons. The molecule has 16 heavy (non-hydrogen) atoms. The van der Waals surface area contributed by atoms with Gasteiger partial charge in [0.1, 0.15) is 9.31 Å². The van der Waals surface area contributed by atoms with E-state index in [2.05, 4.69) is 42.6 Å². The first-order valence-electron chi connectivity index (χ1n) is 5.03. The van der Waals surface area contributed by atoms with Crippen molar-refractivity contribution >= 4 is 51.6 Å². The highest BCUT2D eigenvalue weighted by molar-refractivity contribution is 8.27. The Morgan fingerprint density at radius 1 is 1.25 bits per heavy atom. The van der Waals surface area contributed by atoms with Gasteiger partial charge in [0.05, 0.1) is 0 Å². The van der Waals surface area contributed by atoms with Crippen LogP contribution < -0.4 is 5.32 Å². The fourth-order valence-electron chi connectivity index (χ4n) is 1.42. The molecule has 1 aliphatic rings. The molecular formula is C12H11NS3. The van der Waals surface area contributed by atoms with Crippen molar-refractivity contribution in [3.63, 3.8) is 0 Å². The van der Waals surface area contributed by atoms with Crippen molar-refractivity contribution in [2.24, 2.45) is 0 Å². The number of thioether (sulfide) groups is 1. The lowest BCUT2D eigenvalue weighted by molar-refractivity contribution is 1.14. The van der Waals surface area contributed by atoms with E-state index in [0.29, 0.717) is 0 Å². The molecule has 1 nitrogen and oxygen atoms in total. The second-order valence-electron chi connectivity index (χ2n) is 3.45. The maximum atomic E-state index is 5.18. The van der Waals surface area contributed by atoms with Crippen molar-refractivity contribution in [2.75, 3.05) is 0 Å². The third-order valence-corrected chi connectivity index (χ3v) is 3.96. The summed E-state index contributed by atoms with van der Waals surface area (Å²) < 4.78 is 0.737. The zero-order chi connectivity index (χ0) is 11.5. The monoisotopic (exact) mass is 265 g/mol. The number of aryl methyl sites for hydroxylation is 1. The normalized spacial score (nSPS) is 17.9. The fourth-order valence-corrected chi connectivity index (χ4v) is 2.90. The topological polar surface area (TPSA) is 12.0 Å². The van der Waals surface area contributed by atoms with Crippen molar-refractivity contribution in [1.82, 2.24) is 5.32 Å². The molecule has 2 rings (SSSR count). The van der Waals surface area contributed by atoms with Gasteiger partial charge in [0.15, 0.2) is 0 Å². The van der Waals surface area contributed by atoms with Crippen LogP contribution in [0.15, 0.2) is 29.2 Å². The van der Waals surface area contributed by atoms with Crippen molar-refractivity contribution < 1.29 is 0 Å². The van der Waals surface area contributed by atoms with Gasteiger partial charge in [-0.1, -0.05) is 67.4 Å². The minimum Gasteiger partial charge on any atom is -0.331 e. The Morgan fingerprint density at radius 2 is 1.94 bits per heavy atom. The molecule has 1 aromatic carbocycles. The number of rotatable bonds is 2. The van der Waals surface area contributed by atoms with Gasteiger partial charge >= 0.3 is 0 Å². The predicted molar refractivity (Wildman–Crippen MR) is 79.7 cm³/mol. The van der Waals surface area contributed by atoms with E-state index in [0.717, 1.165) is 26.2 Å². The maximum absolute atomic E-state index is 5.18. The average Bonchev–Trinajstić information content (AvgIpc) is 2.59. The van der Waals surface area contributed by atoms with E-state index in [1.165, 1.54) is 17.3 Å². The number of hydrogen-bond acceptors (Lipinski definition) is 3. The minimum absolute atomic E-state index is 0.731. The molecule has 0 saturated carbocycles. The lowest BCUT2D eigenvalue weighted by Crippen LogP contribution is -2.15. The predicted octanol–water partition coefficient (Wildman–Crippen LogP) is 3.54. The fraction of sp³-hybridized carbons (Fsp3) is 0.167. The molecule has 0 aliphatic carbocycles. The summed E-state index contributed by atoms with van der Waals surface area (Å²) in [5, 5.41) is 2.97. The summed E-state index contributed by atoms with van der Waals surface area (Å²) in [6.45, 7) is 2.15. The van der Waals surface area contributed by atoms with Gasteiger partial charge in [0.25, 0.3) is 0 Å². The number of benzene rings is 1. The van der Waals surface area contributed by atoms with Gasteiger partial charge in [-0.05, 0) is 23.6 Å². The molecule has 1 N–H and O–H groups in total. The van der Waals surface area contributed by atoms with Crippen LogP contribution in [0.1, 0.15) is 18.1 Å². The van der Waals surface area contributed by atoms with Gasteiger partial charge in [-0.2, -0.15) is 0 Å². The molecule has 0 bridgehead atoms. The van der Waals surface area contributed by atoms with Gasteiger partial charge in [-0.25, -0.2) is 0 Å². The van der Waals surface area contributed by atoms with Crippen LogP contribution in [0.3, 0.4) is 0 Å². The van der Waals surface area contributed by atoms with Crippen LogP contribution >= 0.6 is 36.2 Å². The Bertz CT molecular complexity index is 460. The van der Waals surface area contributed by atoms with Crippen molar-refractivity contribution in [1.29, 1.82) is 0 Å². The molecule has 0 spiro atoms. The summed E-state index contributed by atoms with van der Waals surface area (Å²) in [7, 11) is 0. The van der Waals surface area contributed by atoms with E-state index in [1.807, 2.05) is 0 Å². The van der Waals surface area contributed by atoms with Crippen molar-refractivity contribution in [3.05, 3.63) is 40.3 Å². The Kier molecular flexibility index (Phi) is 3.74. The first-order valence-corrected chi connectivity index (χ1v) is 6.66. The van der Waals surface area contributed by atoms with Gasteiger partial charge in [0, 0.05) is 4.91 Å². The van der Waals surface area contributed by atoms with E-state index >= 15 is 0 Å². The third kappa shape index (κ3) is 2.70. The Hall–Kier alpha value is -0.710. The van der Waals surface area contributed by atoms with Crippen LogP contribution in [-0.4, -0.2) is 9.31 Å². The molecule has 0 unspecified atom stereocenters. The molecular weight excluding hydrogens is 254 g/mol. The summed E-state index contributed by atoms with van der Waals surface area (Å²) in [5.41, 5.74) is 2.51. The second kappa shape index (κ2) is 5.08. The zero-order valence-electron chi connectivity index (χ0n) is 8.82. The number of hydrogen-bond donors (Lipinski definition) is 1. The SMILES string of the molecule is CCc1ccc(/C=C2\SC(=S)NC2=S)cc1. The molecule has 0 atom stereocenters. The molecule has 1 saturated heterocycles. The quantitative estimate of drug-likeness (QED) is 0.648. The van der Waals surface area contributed by atoms with Crippen LogP contribution in [0.2, 0.25) is 0 Å². The maximum Gasteiger partial charge on any atom is 0.143 e. The number of nitrogens with one attached hydrogen (secondary N) is 1. The van der Waals surface area contributed by atoms with Crippen molar-refractivity contribution in [3.8, 4) is 0 Å². The first kappa shape index (κ1) is 11.8. The molecule has 0 amide bonds. The Balaban J connectivity index is 2.22. The van der Waals surface area contributed by atoms with E-state index in [-0.39, 0.29) is 0 Å². The zero-order valence-corrected chi connectivity index (χ0v) is 11.3. The molecule has 1 fully saturated rings. The van der Waals surface area contributed by atoms with Crippen molar-refractivity contribution in [2.45, 2.75) is 13.3 Å². The summed E-state index contributed by atoms with van der Waals surface area (Å²) in [5.74, 6) is 0. The van der Waals surface area contributed by atoms with Crippen LogP contribution in [0, 0.1) is 0 Å². The molecule has 1 heterocycles. The highest BCUT2D eigenvalue weighted by atomic mass is 32.2. The first-order chi connectivity index (χ1) is 7.69. The highest BCUT2D eigenvalue weighted by Crippen LogP contribution is 2.26.